The summed E-state index contributed by atoms with van der Waals surface area (Å²) in [5.74, 6) is -2.72. The number of nitrogens with one attached hydrogen (secondary N) is 2. The van der Waals surface area contributed by atoms with Crippen LogP contribution in [0.2, 0.25) is 0 Å². The average molecular weight is 327 g/mol. The Hall–Kier alpha value is -1.57. The third-order valence-electron chi connectivity index (χ3n) is 1.75. The van der Waals surface area contributed by atoms with Gasteiger partial charge in [0.2, 0.25) is 0 Å². The molecule has 0 fully saturated rings. The molecule has 7 nitrogen and oxygen atoms in total. The Balaban J connectivity index is 2.79. The maximum absolute atomic E-state index is 11.4. The van der Waals surface area contributed by atoms with Crippen molar-refractivity contribution >= 4 is 58.5 Å². The number of hydrogen-bond donors (Lipinski definition) is 3. The number of imide groups is 1. The molecule has 0 aromatic carbocycles. The summed E-state index contributed by atoms with van der Waals surface area (Å²) in [4.78, 5) is 37.1. The molecule has 0 unspecified atom stereocenters. The molecule has 0 aliphatic heterocycles. The molecule has 0 aliphatic rings. The van der Waals surface area contributed by atoms with Crippen molar-refractivity contribution in [2.75, 3.05) is 5.32 Å². The smallest absolute Gasteiger partial charge is 0.339 e. The van der Waals surface area contributed by atoms with Gasteiger partial charge in [-0.15, -0.1) is 0 Å². The number of carbonyl (C=O) groups is 3. The monoisotopic (exact) mass is 325 g/mol. The van der Waals surface area contributed by atoms with Crippen LogP contribution in [-0.2, 0) is 4.79 Å². The van der Waals surface area contributed by atoms with Gasteiger partial charge in [-0.3, -0.25) is 15.4 Å². The number of aromatic nitrogens is 1. The highest BCUT2D eigenvalue weighted by molar-refractivity contribution is 6.76. The predicted molar refractivity (Wildman–Crippen MR) is 68.6 cm³/mol. The van der Waals surface area contributed by atoms with Gasteiger partial charge in [0, 0.05) is 6.20 Å². The van der Waals surface area contributed by atoms with Crippen LogP contribution in [0.5, 0.6) is 0 Å². The lowest BCUT2D eigenvalue weighted by Gasteiger charge is -2.11. The molecule has 0 aliphatic carbocycles. The molecule has 3 N–H and O–H groups in total. The highest BCUT2D eigenvalue weighted by Gasteiger charge is 2.32. The molecule has 0 radical (unpaired) electrons. The average Bonchev–Trinajstić information content (AvgIpc) is 2.27. The van der Waals surface area contributed by atoms with Crippen LogP contribution < -0.4 is 10.6 Å². The lowest BCUT2D eigenvalue weighted by Crippen LogP contribution is -2.41. The number of aromatic carboxylic acids is 1. The third kappa shape index (κ3) is 4.55. The summed E-state index contributed by atoms with van der Waals surface area (Å²) in [7, 11) is 0. The fourth-order valence-corrected chi connectivity index (χ4v) is 1.13. The summed E-state index contributed by atoms with van der Waals surface area (Å²) in [5.41, 5.74) is -0.251. The van der Waals surface area contributed by atoms with Crippen molar-refractivity contribution in [2.45, 2.75) is 3.79 Å². The number of urea groups is 1. The van der Waals surface area contributed by atoms with Crippen LogP contribution in [-0.4, -0.2) is 31.8 Å². The number of hydrogen-bond acceptors (Lipinski definition) is 4. The van der Waals surface area contributed by atoms with E-state index in [2.05, 4.69) is 10.3 Å². The molecule has 0 bridgehead atoms. The molecular weight excluding hydrogens is 320 g/mol. The van der Waals surface area contributed by atoms with Crippen LogP contribution in [0.15, 0.2) is 18.3 Å². The van der Waals surface area contributed by atoms with Gasteiger partial charge in [0.05, 0.1) is 0 Å². The largest absolute Gasteiger partial charge is 0.478 e. The number of nitrogens with zero attached hydrogens (tertiary/aromatic N) is 1. The molecule has 0 saturated carbocycles. The first-order chi connectivity index (χ1) is 8.71. The molecular formula is C9H6Cl3N3O4. The molecule has 0 spiro atoms. The first kappa shape index (κ1) is 15.5. The third-order valence-corrected chi connectivity index (χ3v) is 2.27. The minimum atomic E-state index is -2.31. The van der Waals surface area contributed by atoms with Gasteiger partial charge in [-0.25, -0.2) is 14.6 Å². The number of carbonyl (C=O) groups excluding carboxylic acids is 2. The van der Waals surface area contributed by atoms with E-state index in [0.29, 0.717) is 0 Å². The highest BCUT2D eigenvalue weighted by Crippen LogP contribution is 2.25. The summed E-state index contributed by atoms with van der Waals surface area (Å²) in [6.45, 7) is 0. The van der Waals surface area contributed by atoms with Crippen LogP contribution in [0.25, 0.3) is 0 Å². The van der Waals surface area contributed by atoms with E-state index < -0.39 is 21.7 Å². The van der Waals surface area contributed by atoms with E-state index in [9.17, 15) is 14.4 Å². The Bertz CT molecular complexity index is 530. The summed E-state index contributed by atoms with van der Waals surface area (Å²) in [6, 6.07) is 1.53. The van der Waals surface area contributed by atoms with Crippen molar-refractivity contribution in [1.82, 2.24) is 10.3 Å². The van der Waals surface area contributed by atoms with Gasteiger partial charge in [-0.2, -0.15) is 0 Å². The summed E-state index contributed by atoms with van der Waals surface area (Å²) in [6.07, 6.45) is 1.26. The van der Waals surface area contributed by atoms with Gasteiger partial charge in [-0.1, -0.05) is 34.8 Å². The molecule has 3 amide bonds. The van der Waals surface area contributed by atoms with Gasteiger partial charge in [-0.05, 0) is 12.1 Å². The zero-order valence-corrected chi connectivity index (χ0v) is 11.3. The lowest BCUT2D eigenvalue weighted by molar-refractivity contribution is -0.119. The maximum Gasteiger partial charge on any atom is 0.339 e. The Morgan fingerprint density at radius 1 is 1.26 bits per heavy atom. The van der Waals surface area contributed by atoms with Crippen molar-refractivity contribution in [2.24, 2.45) is 0 Å². The normalized spacial score (nSPS) is 10.7. The first-order valence-electron chi connectivity index (χ1n) is 4.59. The molecule has 10 heteroatoms. The number of anilines is 1. The molecule has 0 atom stereocenters. The van der Waals surface area contributed by atoms with Crippen molar-refractivity contribution in [1.29, 1.82) is 0 Å². The van der Waals surface area contributed by atoms with Crippen LogP contribution in [0.4, 0.5) is 10.6 Å². The molecule has 1 aromatic heterocycles. The van der Waals surface area contributed by atoms with Gasteiger partial charge < -0.3 is 5.11 Å². The number of halogens is 3. The second-order valence-corrected chi connectivity index (χ2v) is 5.39. The number of carboxylic acid groups (broad SMARTS) is 1. The first-order valence-corrected chi connectivity index (χ1v) is 5.72. The van der Waals surface area contributed by atoms with Gasteiger partial charge in [0.1, 0.15) is 11.4 Å². The molecule has 1 rings (SSSR count). The van der Waals surface area contributed by atoms with Gasteiger partial charge >= 0.3 is 12.0 Å². The number of pyridine rings is 1. The quantitative estimate of drug-likeness (QED) is 0.718. The Labute approximate surface area is 121 Å². The Morgan fingerprint density at radius 3 is 2.42 bits per heavy atom. The fraction of sp³-hybridized carbons (Fsp3) is 0.111. The van der Waals surface area contributed by atoms with E-state index in [0.717, 1.165) is 0 Å². The molecule has 1 heterocycles. The fourth-order valence-electron chi connectivity index (χ4n) is 0.990. The standard InChI is InChI=1S/C9H6Cl3N3O4/c10-9(11,12)7(18)15-8(19)14-5-4(6(16)17)2-1-3-13-5/h1-3H,(H,16,17)(H2,13,14,15,18,19). The Kier molecular flexibility index (Phi) is 4.93. The second kappa shape index (κ2) is 6.05. The summed E-state index contributed by atoms with van der Waals surface area (Å²) >= 11 is 15.7. The SMILES string of the molecule is O=C(NC(=O)C(Cl)(Cl)Cl)Nc1ncccc1C(=O)O. The number of amides is 3. The van der Waals surface area contributed by atoms with Crippen molar-refractivity contribution in [3.63, 3.8) is 0 Å². The number of rotatable bonds is 2. The van der Waals surface area contributed by atoms with E-state index >= 15 is 0 Å². The zero-order valence-electron chi connectivity index (χ0n) is 8.99. The molecule has 102 valence electrons. The summed E-state index contributed by atoms with van der Waals surface area (Å²) < 4.78 is -2.31. The summed E-state index contributed by atoms with van der Waals surface area (Å²) in [5, 5.41) is 12.6. The Morgan fingerprint density at radius 2 is 1.89 bits per heavy atom. The minimum absolute atomic E-state index is 0.246. The van der Waals surface area contributed by atoms with Crippen LogP contribution in [0.1, 0.15) is 10.4 Å². The second-order valence-electron chi connectivity index (χ2n) is 3.11. The zero-order chi connectivity index (χ0) is 14.6. The molecule has 0 saturated heterocycles. The van der Waals surface area contributed by atoms with Gasteiger partial charge in [0.15, 0.2) is 0 Å². The van der Waals surface area contributed by atoms with E-state index in [1.807, 2.05) is 0 Å². The van der Waals surface area contributed by atoms with E-state index in [1.54, 1.807) is 5.32 Å². The van der Waals surface area contributed by atoms with E-state index in [1.165, 1.54) is 18.3 Å². The van der Waals surface area contributed by atoms with Crippen molar-refractivity contribution < 1.29 is 19.5 Å². The van der Waals surface area contributed by atoms with Crippen LogP contribution in [0.3, 0.4) is 0 Å². The van der Waals surface area contributed by atoms with E-state index in [4.69, 9.17) is 39.9 Å². The highest BCUT2D eigenvalue weighted by atomic mass is 35.6. The topological polar surface area (TPSA) is 108 Å². The lowest BCUT2D eigenvalue weighted by atomic mass is 10.2. The van der Waals surface area contributed by atoms with Crippen molar-refractivity contribution in [3.05, 3.63) is 23.9 Å². The maximum atomic E-state index is 11.4. The van der Waals surface area contributed by atoms with Gasteiger partial charge in [0.25, 0.3) is 9.70 Å². The molecule has 1 aromatic rings. The van der Waals surface area contributed by atoms with E-state index in [-0.39, 0.29) is 11.4 Å². The number of carboxylic acids is 1. The molecule has 19 heavy (non-hydrogen) atoms. The van der Waals surface area contributed by atoms with Crippen LogP contribution in [0, 0.1) is 0 Å². The predicted octanol–water partition coefficient (Wildman–Crippen LogP) is 1.80. The van der Waals surface area contributed by atoms with Crippen LogP contribution >= 0.6 is 34.8 Å². The number of alkyl halides is 3. The van der Waals surface area contributed by atoms with Crippen molar-refractivity contribution in [3.8, 4) is 0 Å². The minimum Gasteiger partial charge on any atom is -0.478 e.